The number of rotatable bonds is 6. The fraction of sp³-hybridized carbons (Fsp3) is 0.519. The molecule has 3 aliphatic rings. The molecule has 1 N–H and O–H groups in total. The van der Waals surface area contributed by atoms with Gasteiger partial charge in [-0.2, -0.15) is 0 Å². The van der Waals surface area contributed by atoms with Crippen molar-refractivity contribution in [2.24, 2.45) is 11.8 Å². The molecule has 0 amide bonds. The van der Waals surface area contributed by atoms with Crippen molar-refractivity contribution < 1.29 is 33.3 Å². The molecule has 2 aliphatic carbocycles. The summed E-state index contributed by atoms with van der Waals surface area (Å²) in [6.45, 7) is 3.68. The first kappa shape index (κ1) is 24.8. The van der Waals surface area contributed by atoms with Gasteiger partial charge in [0, 0.05) is 28.6 Å². The minimum atomic E-state index is -0.946. The molecule has 35 heavy (non-hydrogen) atoms. The quantitative estimate of drug-likeness (QED) is 0.482. The molecular weight excluding hydrogens is 450 g/mol. The topological polar surface area (TPSA) is 100 Å². The van der Waals surface area contributed by atoms with Gasteiger partial charge in [0.25, 0.3) is 0 Å². The summed E-state index contributed by atoms with van der Waals surface area (Å²) >= 11 is 0. The largest absolute Gasteiger partial charge is 0.497 e. The first-order chi connectivity index (χ1) is 16.8. The zero-order chi connectivity index (χ0) is 25.3. The van der Waals surface area contributed by atoms with Crippen molar-refractivity contribution in [1.29, 1.82) is 0 Å². The molecule has 1 aliphatic heterocycles. The Balaban J connectivity index is 1.86. The summed E-state index contributed by atoms with van der Waals surface area (Å²) in [5.74, 6) is -2.28. The second-order valence-corrected chi connectivity index (χ2v) is 9.46. The lowest BCUT2D eigenvalue weighted by Crippen LogP contribution is -2.43. The van der Waals surface area contributed by atoms with Gasteiger partial charge in [-0.05, 0) is 51.0 Å². The van der Waals surface area contributed by atoms with Gasteiger partial charge in [0.15, 0.2) is 5.78 Å². The third kappa shape index (κ3) is 4.54. The van der Waals surface area contributed by atoms with Gasteiger partial charge < -0.3 is 24.3 Å². The lowest BCUT2D eigenvalue weighted by atomic mass is 9.69. The van der Waals surface area contributed by atoms with E-state index in [2.05, 4.69) is 5.32 Å². The molecule has 0 saturated heterocycles. The number of carbonyl (C=O) groups excluding carboxylic acids is 3. The fourth-order valence-electron chi connectivity index (χ4n) is 5.54. The Hall–Kier alpha value is -3.29. The summed E-state index contributed by atoms with van der Waals surface area (Å²) in [5.41, 5.74) is 2.70. The first-order valence-corrected chi connectivity index (χ1v) is 12.1. The minimum Gasteiger partial charge on any atom is -0.497 e. The molecular formula is C27H33NO7. The van der Waals surface area contributed by atoms with Gasteiger partial charge >= 0.3 is 11.9 Å². The van der Waals surface area contributed by atoms with Crippen molar-refractivity contribution in [1.82, 2.24) is 5.32 Å². The highest BCUT2D eigenvalue weighted by molar-refractivity contribution is 6.12. The van der Waals surface area contributed by atoms with E-state index in [-0.39, 0.29) is 17.8 Å². The van der Waals surface area contributed by atoms with Crippen LogP contribution in [0.2, 0.25) is 0 Å². The highest BCUT2D eigenvalue weighted by Gasteiger charge is 2.48. The maximum Gasteiger partial charge on any atom is 0.337 e. The predicted octanol–water partition coefficient (Wildman–Crippen LogP) is 3.80. The third-order valence-electron chi connectivity index (χ3n) is 7.29. The van der Waals surface area contributed by atoms with Crippen LogP contribution in [0, 0.1) is 11.8 Å². The second-order valence-electron chi connectivity index (χ2n) is 9.46. The molecule has 4 rings (SSSR count). The van der Waals surface area contributed by atoms with Crippen LogP contribution >= 0.6 is 0 Å². The molecule has 3 atom stereocenters. The predicted molar refractivity (Wildman–Crippen MR) is 128 cm³/mol. The SMILES string of the molecule is COC(=O)[C@@H]1C(=O)C2=C(C[C@H]1C)NC(C)=C(C(=O)OC1CCCC1)[C@@H]2c1ccc(OC)cc1OC. The number of methoxy groups -OCH3 is 3. The number of nitrogens with one attached hydrogen (secondary N) is 1. The van der Waals surface area contributed by atoms with E-state index in [1.165, 1.54) is 14.2 Å². The second kappa shape index (κ2) is 10.1. The number of ketones is 1. The van der Waals surface area contributed by atoms with Crippen LogP contribution in [0.3, 0.4) is 0 Å². The van der Waals surface area contributed by atoms with E-state index in [1.54, 1.807) is 25.3 Å². The van der Waals surface area contributed by atoms with Gasteiger partial charge in [0.2, 0.25) is 0 Å². The van der Waals surface area contributed by atoms with Crippen molar-refractivity contribution in [2.45, 2.75) is 58.0 Å². The molecule has 1 fully saturated rings. The molecule has 8 heteroatoms. The normalized spacial score (nSPS) is 24.6. The lowest BCUT2D eigenvalue weighted by molar-refractivity contribution is -0.151. The van der Waals surface area contributed by atoms with Crippen molar-refractivity contribution in [3.63, 3.8) is 0 Å². The van der Waals surface area contributed by atoms with E-state index in [9.17, 15) is 14.4 Å². The maximum atomic E-state index is 13.9. The van der Waals surface area contributed by atoms with Gasteiger partial charge in [-0.3, -0.25) is 9.59 Å². The lowest BCUT2D eigenvalue weighted by Gasteiger charge is -2.38. The zero-order valence-electron chi connectivity index (χ0n) is 20.9. The van der Waals surface area contributed by atoms with E-state index in [4.69, 9.17) is 18.9 Å². The molecule has 0 unspecified atom stereocenters. The molecule has 8 nitrogen and oxygen atoms in total. The highest BCUT2D eigenvalue weighted by Crippen LogP contribution is 2.48. The number of dihydropyridines is 1. The van der Waals surface area contributed by atoms with E-state index in [0.717, 1.165) is 25.7 Å². The Labute approximate surface area is 205 Å². The van der Waals surface area contributed by atoms with Crippen LogP contribution in [-0.4, -0.2) is 45.2 Å². The van der Waals surface area contributed by atoms with Crippen LogP contribution in [0.4, 0.5) is 0 Å². The molecule has 188 valence electrons. The summed E-state index contributed by atoms with van der Waals surface area (Å²) in [6.07, 6.45) is 4.04. The molecule has 0 aromatic heterocycles. The van der Waals surface area contributed by atoms with E-state index in [1.807, 2.05) is 13.8 Å². The number of allylic oxidation sites excluding steroid dienone is 3. The smallest absolute Gasteiger partial charge is 0.337 e. The standard InChI is InChI=1S/C27H33NO7/c1-14-12-19-24(25(29)21(14)26(30)34-5)23(18-11-10-17(32-3)13-20(18)33-4)22(15(2)28-19)27(31)35-16-8-6-7-9-16/h10-11,13-14,16,21,23,28H,6-9,12H2,1-5H3/t14-,21+,23+/m1/s1. The van der Waals surface area contributed by atoms with Crippen LogP contribution in [0.1, 0.15) is 57.4 Å². The van der Waals surface area contributed by atoms with Crippen LogP contribution in [0.15, 0.2) is 40.7 Å². The third-order valence-corrected chi connectivity index (χ3v) is 7.29. The average Bonchev–Trinajstić information content (AvgIpc) is 3.35. The van der Waals surface area contributed by atoms with Gasteiger partial charge in [-0.25, -0.2) is 4.79 Å². The number of carbonyl (C=O) groups is 3. The number of hydrogen-bond donors (Lipinski definition) is 1. The number of esters is 2. The monoisotopic (exact) mass is 483 g/mol. The van der Waals surface area contributed by atoms with Gasteiger partial charge in [-0.15, -0.1) is 0 Å². The zero-order valence-corrected chi connectivity index (χ0v) is 20.9. The summed E-state index contributed by atoms with van der Waals surface area (Å²) in [4.78, 5) is 40.0. The molecule has 1 saturated carbocycles. The van der Waals surface area contributed by atoms with Gasteiger partial charge in [0.05, 0.1) is 32.8 Å². The molecule has 1 aromatic carbocycles. The maximum absolute atomic E-state index is 13.9. The summed E-state index contributed by atoms with van der Waals surface area (Å²) < 4.78 is 21.9. The van der Waals surface area contributed by atoms with Crippen LogP contribution in [0.5, 0.6) is 11.5 Å². The van der Waals surface area contributed by atoms with E-state index < -0.39 is 23.8 Å². The van der Waals surface area contributed by atoms with Gasteiger partial charge in [0.1, 0.15) is 23.5 Å². The molecule has 1 heterocycles. The van der Waals surface area contributed by atoms with E-state index >= 15 is 0 Å². The fourth-order valence-corrected chi connectivity index (χ4v) is 5.54. The van der Waals surface area contributed by atoms with Crippen LogP contribution in [-0.2, 0) is 23.9 Å². The summed E-state index contributed by atoms with van der Waals surface area (Å²) in [6, 6.07) is 5.29. The summed E-state index contributed by atoms with van der Waals surface area (Å²) in [7, 11) is 4.37. The Bertz CT molecular complexity index is 1100. The van der Waals surface area contributed by atoms with Crippen molar-refractivity contribution >= 4 is 17.7 Å². The molecule has 0 spiro atoms. The number of benzene rings is 1. The average molecular weight is 484 g/mol. The molecule has 1 aromatic rings. The Morgan fingerprint density at radius 3 is 2.40 bits per heavy atom. The molecule has 0 radical (unpaired) electrons. The number of Topliss-reactive ketones (excluding diaryl/α,β-unsaturated/α-hetero) is 1. The summed E-state index contributed by atoms with van der Waals surface area (Å²) in [5, 5.41) is 3.29. The Morgan fingerprint density at radius 1 is 1.06 bits per heavy atom. The van der Waals surface area contributed by atoms with Crippen molar-refractivity contribution in [3.05, 3.63) is 46.3 Å². The van der Waals surface area contributed by atoms with Crippen LogP contribution < -0.4 is 14.8 Å². The Morgan fingerprint density at radius 2 is 1.77 bits per heavy atom. The number of ether oxygens (including phenoxy) is 4. The minimum absolute atomic E-state index is 0.138. The van der Waals surface area contributed by atoms with Crippen molar-refractivity contribution in [3.8, 4) is 11.5 Å². The van der Waals surface area contributed by atoms with Crippen molar-refractivity contribution in [2.75, 3.05) is 21.3 Å². The Kier molecular flexibility index (Phi) is 7.19. The van der Waals surface area contributed by atoms with E-state index in [0.29, 0.717) is 46.0 Å². The first-order valence-electron chi connectivity index (χ1n) is 12.1. The highest BCUT2D eigenvalue weighted by atomic mass is 16.5. The van der Waals surface area contributed by atoms with Crippen LogP contribution in [0.25, 0.3) is 0 Å². The number of hydrogen-bond acceptors (Lipinski definition) is 8. The van der Waals surface area contributed by atoms with Gasteiger partial charge in [-0.1, -0.05) is 13.0 Å². The molecule has 0 bridgehead atoms.